The van der Waals surface area contributed by atoms with Crippen LogP contribution in [0.4, 0.5) is 5.69 Å². The van der Waals surface area contributed by atoms with E-state index in [1.54, 1.807) is 0 Å². The van der Waals surface area contributed by atoms with Gasteiger partial charge in [-0.15, -0.1) is 0 Å². The van der Waals surface area contributed by atoms with Crippen LogP contribution >= 0.6 is 11.8 Å². The minimum absolute atomic E-state index is 0.327. The van der Waals surface area contributed by atoms with Crippen molar-refractivity contribution in [3.63, 3.8) is 0 Å². The van der Waals surface area contributed by atoms with Gasteiger partial charge in [0.15, 0.2) is 0 Å². The summed E-state index contributed by atoms with van der Waals surface area (Å²) in [7, 11) is 1.95. The number of benzene rings is 1. The fraction of sp³-hybridized carbons (Fsp3) is 0.500. The molecule has 1 aromatic carbocycles. The summed E-state index contributed by atoms with van der Waals surface area (Å²) in [5, 5.41) is 9.69. The van der Waals surface area contributed by atoms with E-state index in [0.717, 1.165) is 41.6 Å². The molecule has 1 atom stereocenters. The first-order chi connectivity index (χ1) is 11.0. The Balaban J connectivity index is 1.65. The van der Waals surface area contributed by atoms with Crippen LogP contribution in [0.15, 0.2) is 29.3 Å². The van der Waals surface area contributed by atoms with Crippen LogP contribution in [0, 0.1) is 5.41 Å². The molecule has 1 aliphatic rings. The Morgan fingerprint density at radius 1 is 1.35 bits per heavy atom. The van der Waals surface area contributed by atoms with E-state index in [1.807, 2.05) is 18.8 Å². The van der Waals surface area contributed by atoms with Crippen molar-refractivity contribution in [2.24, 2.45) is 10.4 Å². The second kappa shape index (κ2) is 6.57. The molecule has 3 N–H and O–H groups in total. The molecule has 1 aliphatic heterocycles. The van der Waals surface area contributed by atoms with E-state index in [1.165, 1.54) is 5.39 Å². The predicted molar refractivity (Wildman–Crippen MR) is 103 cm³/mol. The Morgan fingerprint density at radius 2 is 2.17 bits per heavy atom. The summed E-state index contributed by atoms with van der Waals surface area (Å²) in [4.78, 5) is 8.26. The lowest BCUT2D eigenvalue weighted by atomic mass is 9.97. The first-order valence-electron chi connectivity index (χ1n) is 8.18. The summed E-state index contributed by atoms with van der Waals surface area (Å²) in [6.07, 6.45) is 0. The lowest BCUT2D eigenvalue weighted by molar-refractivity contribution is 0.381. The minimum Gasteiger partial charge on any atom is -0.386 e. The Hall–Kier alpha value is -1.46. The summed E-state index contributed by atoms with van der Waals surface area (Å²) in [6.45, 7) is 9.72. The van der Waals surface area contributed by atoms with Crippen LogP contribution in [0.5, 0.6) is 0 Å². The number of aromatic nitrogens is 1. The van der Waals surface area contributed by atoms with Crippen molar-refractivity contribution < 1.29 is 0 Å². The smallest absolute Gasteiger partial charge is 0.114 e. The van der Waals surface area contributed by atoms with E-state index in [0.29, 0.717) is 10.7 Å². The molecule has 0 spiro atoms. The molecule has 3 rings (SSSR count). The van der Waals surface area contributed by atoms with E-state index in [-0.39, 0.29) is 0 Å². The number of aliphatic imine (C=N–C) groups is 1. The SMILES string of the molecule is CNc1cccc2cc(C3=NCC(CNCC(C)(C)C)S3)[nH]c12. The standard InChI is InChI=1S/C18H26N4S/c1-18(2,3)11-20-9-13-10-21-17(23-13)15-8-12-6-5-7-14(19-4)16(12)22-15/h5-8,13,19-20,22H,9-11H2,1-4H3. The molecule has 0 saturated carbocycles. The van der Waals surface area contributed by atoms with Gasteiger partial charge in [0, 0.05) is 30.8 Å². The number of rotatable bonds is 5. The zero-order valence-corrected chi connectivity index (χ0v) is 15.2. The number of thioether (sulfide) groups is 1. The van der Waals surface area contributed by atoms with Gasteiger partial charge in [0.1, 0.15) is 5.04 Å². The zero-order valence-electron chi connectivity index (χ0n) is 14.4. The maximum atomic E-state index is 4.74. The molecule has 0 bridgehead atoms. The van der Waals surface area contributed by atoms with E-state index in [9.17, 15) is 0 Å². The molecular weight excluding hydrogens is 304 g/mol. The molecule has 0 aliphatic carbocycles. The highest BCUT2D eigenvalue weighted by Gasteiger charge is 2.22. The molecule has 0 amide bonds. The minimum atomic E-state index is 0.327. The van der Waals surface area contributed by atoms with Gasteiger partial charge < -0.3 is 15.6 Å². The maximum absolute atomic E-state index is 4.74. The van der Waals surface area contributed by atoms with Gasteiger partial charge in [-0.3, -0.25) is 4.99 Å². The van der Waals surface area contributed by atoms with Gasteiger partial charge in [0.25, 0.3) is 0 Å². The summed E-state index contributed by atoms with van der Waals surface area (Å²) in [6, 6.07) is 8.51. The second-order valence-electron chi connectivity index (χ2n) is 7.28. The van der Waals surface area contributed by atoms with Crippen molar-refractivity contribution >= 4 is 33.4 Å². The summed E-state index contributed by atoms with van der Waals surface area (Å²) < 4.78 is 0. The molecule has 2 heterocycles. The van der Waals surface area contributed by atoms with Crippen LogP contribution in [0.25, 0.3) is 10.9 Å². The monoisotopic (exact) mass is 330 g/mol. The third-order valence-electron chi connectivity index (χ3n) is 3.90. The van der Waals surface area contributed by atoms with Gasteiger partial charge in [-0.25, -0.2) is 0 Å². The topological polar surface area (TPSA) is 52.2 Å². The highest BCUT2D eigenvalue weighted by Crippen LogP contribution is 2.29. The number of nitrogens with zero attached hydrogens (tertiary/aromatic N) is 1. The first-order valence-corrected chi connectivity index (χ1v) is 9.06. The molecular formula is C18H26N4S. The molecule has 23 heavy (non-hydrogen) atoms. The second-order valence-corrected chi connectivity index (χ2v) is 8.57. The number of fused-ring (bicyclic) bond motifs is 1. The van der Waals surface area contributed by atoms with Crippen LogP contribution in [-0.2, 0) is 0 Å². The highest BCUT2D eigenvalue weighted by atomic mass is 32.2. The Bertz CT molecular complexity index is 711. The number of hydrogen-bond acceptors (Lipinski definition) is 4. The van der Waals surface area contributed by atoms with Crippen molar-refractivity contribution in [2.75, 3.05) is 32.0 Å². The Kier molecular flexibility index (Phi) is 4.69. The molecule has 124 valence electrons. The fourth-order valence-corrected chi connectivity index (χ4v) is 3.81. The van der Waals surface area contributed by atoms with E-state index < -0.39 is 0 Å². The van der Waals surface area contributed by atoms with Crippen LogP contribution < -0.4 is 10.6 Å². The number of para-hydroxylation sites is 1. The molecule has 1 aromatic heterocycles. The summed E-state index contributed by atoms with van der Waals surface area (Å²) in [5.74, 6) is 0. The summed E-state index contributed by atoms with van der Waals surface area (Å²) >= 11 is 1.88. The van der Waals surface area contributed by atoms with Crippen molar-refractivity contribution in [2.45, 2.75) is 26.0 Å². The highest BCUT2D eigenvalue weighted by molar-refractivity contribution is 8.15. The van der Waals surface area contributed by atoms with Crippen molar-refractivity contribution in [1.29, 1.82) is 0 Å². The van der Waals surface area contributed by atoms with Gasteiger partial charge in [0.05, 0.1) is 23.4 Å². The van der Waals surface area contributed by atoms with E-state index in [2.05, 4.69) is 60.7 Å². The zero-order chi connectivity index (χ0) is 16.4. The number of nitrogens with one attached hydrogen (secondary N) is 3. The number of anilines is 1. The average molecular weight is 331 g/mol. The number of hydrogen-bond donors (Lipinski definition) is 3. The molecule has 1 unspecified atom stereocenters. The van der Waals surface area contributed by atoms with Crippen molar-refractivity contribution in [3.8, 4) is 0 Å². The van der Waals surface area contributed by atoms with Crippen molar-refractivity contribution in [3.05, 3.63) is 30.0 Å². The molecule has 5 heteroatoms. The van der Waals surface area contributed by atoms with Crippen LogP contribution in [0.1, 0.15) is 26.5 Å². The Morgan fingerprint density at radius 3 is 2.91 bits per heavy atom. The molecule has 0 saturated heterocycles. The molecule has 0 radical (unpaired) electrons. The molecule has 0 fully saturated rings. The van der Waals surface area contributed by atoms with E-state index >= 15 is 0 Å². The molecule has 2 aromatic rings. The third kappa shape index (κ3) is 3.90. The van der Waals surface area contributed by atoms with Crippen molar-refractivity contribution in [1.82, 2.24) is 10.3 Å². The van der Waals surface area contributed by atoms with Crippen LogP contribution in [0.3, 0.4) is 0 Å². The fourth-order valence-electron chi connectivity index (χ4n) is 2.76. The van der Waals surface area contributed by atoms with Crippen LogP contribution in [0.2, 0.25) is 0 Å². The first kappa shape index (κ1) is 16.4. The largest absolute Gasteiger partial charge is 0.386 e. The van der Waals surface area contributed by atoms with Gasteiger partial charge in [-0.2, -0.15) is 0 Å². The van der Waals surface area contributed by atoms with Gasteiger partial charge >= 0.3 is 0 Å². The number of H-pyrrole nitrogens is 1. The maximum Gasteiger partial charge on any atom is 0.114 e. The van der Waals surface area contributed by atoms with E-state index in [4.69, 9.17) is 4.99 Å². The Labute approximate surface area is 142 Å². The predicted octanol–water partition coefficient (Wildman–Crippen LogP) is 3.71. The quantitative estimate of drug-likeness (QED) is 0.783. The molecule has 4 nitrogen and oxygen atoms in total. The number of aromatic amines is 1. The lowest BCUT2D eigenvalue weighted by Crippen LogP contribution is -2.32. The van der Waals surface area contributed by atoms with Crippen LogP contribution in [-0.4, -0.2) is 42.0 Å². The lowest BCUT2D eigenvalue weighted by Gasteiger charge is -2.20. The van der Waals surface area contributed by atoms with Gasteiger partial charge in [0.2, 0.25) is 0 Å². The summed E-state index contributed by atoms with van der Waals surface area (Å²) in [5.41, 5.74) is 3.74. The average Bonchev–Trinajstić information content (AvgIpc) is 3.11. The van der Waals surface area contributed by atoms with Gasteiger partial charge in [-0.05, 0) is 17.5 Å². The van der Waals surface area contributed by atoms with Gasteiger partial charge in [-0.1, -0.05) is 44.7 Å². The third-order valence-corrected chi connectivity index (χ3v) is 5.12. The normalized spacial score (nSPS) is 18.4.